The predicted octanol–water partition coefficient (Wildman–Crippen LogP) is 6.58. The molecule has 4 rings (SSSR count). The average Bonchev–Trinajstić information content (AvgIpc) is 3.01. The number of hydrogen-bond donors (Lipinski definition) is 2. The summed E-state index contributed by atoms with van der Waals surface area (Å²) in [4.78, 5) is 0. The quantitative estimate of drug-likeness (QED) is 0.543. The summed E-state index contributed by atoms with van der Waals surface area (Å²) in [7, 11) is 0. The molecule has 29 heavy (non-hydrogen) atoms. The first-order valence-corrected chi connectivity index (χ1v) is 13.0. The van der Waals surface area contributed by atoms with Crippen LogP contribution in [0.15, 0.2) is 0 Å². The van der Waals surface area contributed by atoms with Crippen molar-refractivity contribution in [3.8, 4) is 0 Å². The Morgan fingerprint density at radius 1 is 0.862 bits per heavy atom. The first kappa shape index (κ1) is 22.1. The number of rotatable bonds is 5. The van der Waals surface area contributed by atoms with E-state index in [4.69, 9.17) is 0 Å². The largest absolute Gasteiger partial charge is 0.390 e. The lowest BCUT2D eigenvalue weighted by Gasteiger charge is -2.64. The summed E-state index contributed by atoms with van der Waals surface area (Å²) in [5.74, 6) is 4.82. The Balaban J connectivity index is 1.51. The molecule has 0 aromatic heterocycles. The molecule has 4 saturated carbocycles. The molecule has 2 nitrogen and oxygen atoms in total. The van der Waals surface area contributed by atoms with Crippen LogP contribution in [0.4, 0.5) is 0 Å². The Hall–Kier alpha value is -0.0800. The topological polar surface area (TPSA) is 40.5 Å². The van der Waals surface area contributed by atoms with Crippen molar-refractivity contribution in [2.75, 3.05) is 0 Å². The van der Waals surface area contributed by atoms with E-state index in [0.717, 1.165) is 61.7 Å². The van der Waals surface area contributed by atoms with Crippen molar-refractivity contribution in [2.24, 2.45) is 46.3 Å². The maximum absolute atomic E-state index is 11.6. The Kier molecular flexibility index (Phi) is 5.95. The van der Waals surface area contributed by atoms with Crippen LogP contribution in [0.2, 0.25) is 0 Å². The molecule has 4 fully saturated rings. The highest BCUT2D eigenvalue weighted by molar-refractivity contribution is 5.15. The van der Waals surface area contributed by atoms with Crippen LogP contribution < -0.4 is 0 Å². The summed E-state index contributed by atoms with van der Waals surface area (Å²) < 4.78 is 0. The van der Waals surface area contributed by atoms with E-state index < -0.39 is 11.7 Å². The van der Waals surface area contributed by atoms with Crippen LogP contribution in [0.5, 0.6) is 0 Å². The average molecular weight is 405 g/mol. The molecule has 0 aliphatic heterocycles. The molecule has 2 N–H and O–H groups in total. The molecule has 0 amide bonds. The minimum atomic E-state index is -0.831. The van der Waals surface area contributed by atoms with E-state index in [2.05, 4.69) is 34.6 Å². The van der Waals surface area contributed by atoms with Crippen LogP contribution in [-0.4, -0.2) is 21.9 Å². The molecule has 9 atom stereocenters. The highest BCUT2D eigenvalue weighted by atomic mass is 16.3. The molecule has 0 spiro atoms. The van der Waals surface area contributed by atoms with Crippen LogP contribution in [-0.2, 0) is 0 Å². The predicted molar refractivity (Wildman–Crippen MR) is 121 cm³/mol. The molecule has 0 radical (unpaired) electrons. The zero-order valence-electron chi connectivity index (χ0n) is 19.9. The van der Waals surface area contributed by atoms with Gasteiger partial charge in [0.15, 0.2) is 0 Å². The van der Waals surface area contributed by atoms with Crippen molar-refractivity contribution < 1.29 is 10.2 Å². The van der Waals surface area contributed by atoms with Gasteiger partial charge in [-0.2, -0.15) is 0 Å². The van der Waals surface area contributed by atoms with Gasteiger partial charge in [-0.25, -0.2) is 0 Å². The second-order valence-electron chi connectivity index (χ2n) is 12.7. The highest BCUT2D eigenvalue weighted by Crippen LogP contribution is 2.69. The molecular weight excluding hydrogens is 356 g/mol. The Labute approximate surface area is 180 Å². The number of aliphatic hydroxyl groups excluding tert-OH is 1. The fraction of sp³-hybridized carbons (Fsp3) is 1.00. The normalized spacial score (nSPS) is 50.7. The molecule has 4 aliphatic carbocycles. The first-order chi connectivity index (χ1) is 13.6. The standard InChI is InChI=1S/C27H48O2/c1-18(2)8-6-9-19(3)21-11-12-22-20-13-17-27(29)24(28)10-7-15-26(27,5)23(20)14-16-25(21,22)4/h18-24,28-29H,6-17H2,1-5H3/t19-,20+,21+,22-,23+,24-,25-,26-,27+/m1/s1. The molecule has 0 saturated heterocycles. The molecular formula is C27H48O2. The maximum atomic E-state index is 11.6. The van der Waals surface area contributed by atoms with Crippen LogP contribution in [0.1, 0.15) is 112 Å². The number of fused-ring (bicyclic) bond motifs is 5. The maximum Gasteiger partial charge on any atom is 0.0961 e. The lowest BCUT2D eigenvalue weighted by molar-refractivity contribution is -0.246. The third-order valence-electron chi connectivity index (χ3n) is 11.0. The number of hydrogen-bond acceptors (Lipinski definition) is 2. The van der Waals surface area contributed by atoms with Crippen LogP contribution >= 0.6 is 0 Å². The van der Waals surface area contributed by atoms with Crippen LogP contribution in [0.25, 0.3) is 0 Å². The van der Waals surface area contributed by atoms with Crippen molar-refractivity contribution in [3.05, 3.63) is 0 Å². The second kappa shape index (κ2) is 7.80. The van der Waals surface area contributed by atoms with Crippen LogP contribution in [0.3, 0.4) is 0 Å². The third-order valence-corrected chi connectivity index (χ3v) is 11.0. The van der Waals surface area contributed by atoms with Crippen molar-refractivity contribution in [1.29, 1.82) is 0 Å². The molecule has 2 heteroatoms. The van der Waals surface area contributed by atoms with Gasteiger partial charge < -0.3 is 10.2 Å². The number of aliphatic hydroxyl groups is 2. The van der Waals surface area contributed by atoms with E-state index in [0.29, 0.717) is 11.3 Å². The van der Waals surface area contributed by atoms with E-state index in [1.165, 1.54) is 44.9 Å². The fourth-order valence-corrected chi connectivity index (χ4v) is 9.35. The molecule has 0 unspecified atom stereocenters. The Morgan fingerprint density at radius 3 is 2.34 bits per heavy atom. The molecule has 4 aliphatic rings. The van der Waals surface area contributed by atoms with E-state index in [9.17, 15) is 10.2 Å². The highest BCUT2D eigenvalue weighted by Gasteiger charge is 2.65. The van der Waals surface area contributed by atoms with Gasteiger partial charge in [0.25, 0.3) is 0 Å². The Morgan fingerprint density at radius 2 is 1.62 bits per heavy atom. The van der Waals surface area contributed by atoms with Gasteiger partial charge in [0, 0.05) is 5.41 Å². The molecule has 168 valence electrons. The smallest absolute Gasteiger partial charge is 0.0961 e. The Bertz CT molecular complexity index is 587. The van der Waals surface area contributed by atoms with Gasteiger partial charge in [0.1, 0.15) is 0 Å². The monoisotopic (exact) mass is 404 g/mol. The van der Waals surface area contributed by atoms with Crippen molar-refractivity contribution in [1.82, 2.24) is 0 Å². The zero-order valence-corrected chi connectivity index (χ0v) is 19.9. The third kappa shape index (κ3) is 3.34. The van der Waals surface area contributed by atoms with Gasteiger partial charge in [-0.15, -0.1) is 0 Å². The first-order valence-electron chi connectivity index (χ1n) is 13.0. The molecule has 0 aromatic carbocycles. The minimum Gasteiger partial charge on any atom is -0.390 e. The van der Waals surface area contributed by atoms with Crippen LogP contribution in [0, 0.1) is 46.3 Å². The summed E-state index contributed by atoms with van der Waals surface area (Å²) in [6.07, 6.45) is 14.1. The molecule has 0 heterocycles. The van der Waals surface area contributed by atoms with E-state index in [1.807, 2.05) is 0 Å². The van der Waals surface area contributed by atoms with Gasteiger partial charge >= 0.3 is 0 Å². The lowest BCUT2D eigenvalue weighted by atomic mass is 9.42. The second-order valence-corrected chi connectivity index (χ2v) is 12.7. The summed E-state index contributed by atoms with van der Waals surface area (Å²) in [5, 5.41) is 22.3. The summed E-state index contributed by atoms with van der Waals surface area (Å²) in [6.45, 7) is 12.2. The van der Waals surface area contributed by atoms with E-state index in [1.54, 1.807) is 0 Å². The van der Waals surface area contributed by atoms with Gasteiger partial charge in [-0.05, 0) is 92.3 Å². The summed E-state index contributed by atoms with van der Waals surface area (Å²) in [5.41, 5.74) is -0.393. The minimum absolute atomic E-state index is 0.0735. The van der Waals surface area contributed by atoms with Gasteiger partial charge in [-0.3, -0.25) is 0 Å². The van der Waals surface area contributed by atoms with Gasteiger partial charge in [-0.1, -0.05) is 60.3 Å². The van der Waals surface area contributed by atoms with Crippen molar-refractivity contribution in [2.45, 2.75) is 123 Å². The van der Waals surface area contributed by atoms with Gasteiger partial charge in [0.2, 0.25) is 0 Å². The lowest BCUT2D eigenvalue weighted by Crippen LogP contribution is -2.66. The summed E-state index contributed by atoms with van der Waals surface area (Å²) >= 11 is 0. The molecule has 0 aromatic rings. The SMILES string of the molecule is CC(C)CCC[C@@H](C)[C@@H]1CC[C@@H]2[C@@H]3CC[C@]4(O)[C@H](O)CCC[C@]4(C)[C@H]3CC[C@@]21C. The van der Waals surface area contributed by atoms with E-state index in [-0.39, 0.29) is 5.41 Å². The van der Waals surface area contributed by atoms with Crippen molar-refractivity contribution >= 4 is 0 Å². The molecule has 0 bridgehead atoms. The fourth-order valence-electron chi connectivity index (χ4n) is 9.35. The summed E-state index contributed by atoms with van der Waals surface area (Å²) in [6, 6.07) is 0. The zero-order chi connectivity index (χ0) is 21.0. The van der Waals surface area contributed by atoms with E-state index >= 15 is 0 Å². The van der Waals surface area contributed by atoms with Crippen molar-refractivity contribution in [3.63, 3.8) is 0 Å². The van der Waals surface area contributed by atoms with Gasteiger partial charge in [0.05, 0.1) is 11.7 Å².